The molecule has 7 rings (SSSR count). The first-order valence-corrected chi connectivity index (χ1v) is 11.6. The van der Waals surface area contributed by atoms with Gasteiger partial charge in [0, 0.05) is 0 Å². The fraction of sp³-hybridized carbons (Fsp3) is 0.167. The summed E-state index contributed by atoms with van der Waals surface area (Å²) in [4.78, 5) is 29.0. The SMILES string of the molecule is O=C1C2C(C(=O)N1c1ccccc1Cl)C1(Br)c3ccccc3C2(Br)c2ccccc21. The molecule has 148 valence electrons. The van der Waals surface area contributed by atoms with Crippen LogP contribution in [0.2, 0.25) is 5.02 Å². The summed E-state index contributed by atoms with van der Waals surface area (Å²) in [6, 6.07) is 23.1. The van der Waals surface area contributed by atoms with Crippen molar-refractivity contribution in [1.82, 2.24) is 0 Å². The van der Waals surface area contributed by atoms with Gasteiger partial charge in [-0.1, -0.05) is 104 Å². The topological polar surface area (TPSA) is 37.4 Å². The van der Waals surface area contributed by atoms with Crippen molar-refractivity contribution in [2.45, 2.75) is 8.65 Å². The van der Waals surface area contributed by atoms with Gasteiger partial charge in [0.1, 0.15) is 0 Å². The van der Waals surface area contributed by atoms with Gasteiger partial charge in [-0.05, 0) is 34.4 Å². The van der Waals surface area contributed by atoms with Gasteiger partial charge in [-0.25, -0.2) is 4.90 Å². The number of carbonyl (C=O) groups is 2. The van der Waals surface area contributed by atoms with Crippen molar-refractivity contribution in [2.75, 3.05) is 4.90 Å². The maximum Gasteiger partial charge on any atom is 0.239 e. The fourth-order valence-corrected chi connectivity index (χ4v) is 8.06. The van der Waals surface area contributed by atoms with Gasteiger partial charge >= 0.3 is 0 Å². The van der Waals surface area contributed by atoms with Crippen molar-refractivity contribution in [2.24, 2.45) is 11.8 Å². The first-order valence-electron chi connectivity index (χ1n) is 9.62. The number of amides is 2. The van der Waals surface area contributed by atoms with Gasteiger partial charge in [0.05, 0.1) is 31.2 Å². The van der Waals surface area contributed by atoms with Gasteiger partial charge in [0.25, 0.3) is 0 Å². The summed E-state index contributed by atoms with van der Waals surface area (Å²) < 4.78 is -1.58. The monoisotopic (exact) mass is 541 g/mol. The van der Waals surface area contributed by atoms with Gasteiger partial charge in [0.15, 0.2) is 0 Å². The maximum absolute atomic E-state index is 13.9. The van der Waals surface area contributed by atoms with E-state index in [1.165, 1.54) is 4.90 Å². The van der Waals surface area contributed by atoms with Crippen LogP contribution in [0.5, 0.6) is 0 Å². The average Bonchev–Trinajstić information content (AvgIpc) is 3.04. The second kappa shape index (κ2) is 6.06. The molecule has 2 amide bonds. The highest BCUT2D eigenvalue weighted by Gasteiger charge is 2.72. The lowest BCUT2D eigenvalue weighted by Gasteiger charge is -2.55. The molecule has 3 aromatic carbocycles. The van der Waals surface area contributed by atoms with Gasteiger partial charge < -0.3 is 0 Å². The summed E-state index contributed by atoms with van der Waals surface area (Å²) >= 11 is 14.4. The number of hydrogen-bond acceptors (Lipinski definition) is 2. The Morgan fingerprint density at radius 3 is 1.43 bits per heavy atom. The van der Waals surface area contributed by atoms with E-state index < -0.39 is 20.5 Å². The van der Waals surface area contributed by atoms with Crippen molar-refractivity contribution in [3.05, 3.63) is 100 Å². The Labute approximate surface area is 195 Å². The van der Waals surface area contributed by atoms with Crippen molar-refractivity contribution in [3.8, 4) is 0 Å². The molecule has 0 saturated carbocycles. The highest BCUT2D eigenvalue weighted by Crippen LogP contribution is 2.70. The molecule has 0 spiro atoms. The Morgan fingerprint density at radius 1 is 0.667 bits per heavy atom. The summed E-state index contributed by atoms with van der Waals surface area (Å²) in [5.41, 5.74) is 4.50. The Balaban J connectivity index is 1.68. The molecule has 0 N–H and O–H groups in total. The molecule has 6 heteroatoms. The van der Waals surface area contributed by atoms with E-state index >= 15 is 0 Å². The van der Waals surface area contributed by atoms with Gasteiger partial charge in [-0.2, -0.15) is 0 Å². The normalized spacial score (nSPS) is 30.8. The van der Waals surface area contributed by atoms with Gasteiger partial charge in [0.2, 0.25) is 11.8 Å². The van der Waals surface area contributed by atoms with Crippen LogP contribution in [0.1, 0.15) is 22.3 Å². The molecule has 1 aliphatic heterocycles. The summed E-state index contributed by atoms with van der Waals surface area (Å²) in [6.45, 7) is 0. The van der Waals surface area contributed by atoms with E-state index in [1.807, 2.05) is 48.5 Å². The third kappa shape index (κ3) is 1.97. The number of rotatable bonds is 1. The molecule has 1 fully saturated rings. The minimum Gasteiger partial charge on any atom is -0.274 e. The van der Waals surface area contributed by atoms with E-state index in [0.717, 1.165) is 22.3 Å². The molecule has 2 bridgehead atoms. The standard InChI is InChI=1S/C24H14Br2ClNO2/c25-23-13-7-1-2-8-14(13)24(26,16-10-4-3-9-15(16)23)20-19(23)21(29)28(22(20)30)18-12-6-5-11-17(18)27/h1-12,19-20H. The summed E-state index contributed by atoms with van der Waals surface area (Å²) in [5, 5.41) is 0.382. The van der Waals surface area contributed by atoms with Crippen molar-refractivity contribution >= 4 is 61.0 Å². The molecule has 2 atom stereocenters. The second-order valence-electron chi connectivity index (χ2n) is 7.93. The van der Waals surface area contributed by atoms with Crippen LogP contribution in [-0.2, 0) is 18.2 Å². The predicted molar refractivity (Wildman–Crippen MR) is 123 cm³/mol. The van der Waals surface area contributed by atoms with Crippen LogP contribution >= 0.6 is 43.5 Å². The van der Waals surface area contributed by atoms with Crippen LogP contribution in [-0.4, -0.2) is 11.8 Å². The van der Waals surface area contributed by atoms with Crippen LogP contribution in [0.4, 0.5) is 5.69 Å². The fourth-order valence-electron chi connectivity index (χ4n) is 5.54. The summed E-state index contributed by atoms with van der Waals surface area (Å²) in [7, 11) is 0. The molecular weight excluding hydrogens is 530 g/mol. The van der Waals surface area contributed by atoms with E-state index in [-0.39, 0.29) is 11.8 Å². The van der Waals surface area contributed by atoms with Crippen LogP contribution < -0.4 is 4.90 Å². The molecule has 1 heterocycles. The minimum atomic E-state index is -0.789. The van der Waals surface area contributed by atoms with Gasteiger partial charge in [-0.3, -0.25) is 9.59 Å². The lowest BCUT2D eigenvalue weighted by molar-refractivity contribution is -0.122. The minimum absolute atomic E-state index is 0.234. The molecule has 3 nitrogen and oxygen atoms in total. The lowest BCUT2D eigenvalue weighted by atomic mass is 9.54. The predicted octanol–water partition coefficient (Wildman–Crippen LogP) is 5.75. The number of alkyl halides is 2. The summed E-state index contributed by atoms with van der Waals surface area (Å²) in [6.07, 6.45) is 0. The first-order chi connectivity index (χ1) is 14.4. The molecule has 0 radical (unpaired) electrons. The van der Waals surface area contributed by atoms with Crippen LogP contribution in [0.3, 0.4) is 0 Å². The zero-order valence-electron chi connectivity index (χ0n) is 15.5. The smallest absolute Gasteiger partial charge is 0.239 e. The summed E-state index contributed by atoms with van der Waals surface area (Å²) in [5.74, 6) is -1.65. The highest BCUT2D eigenvalue weighted by molar-refractivity contribution is 9.10. The zero-order valence-corrected chi connectivity index (χ0v) is 19.4. The quantitative estimate of drug-likeness (QED) is 0.290. The number of imide groups is 1. The second-order valence-corrected chi connectivity index (χ2v) is 10.8. The Morgan fingerprint density at radius 2 is 1.03 bits per heavy atom. The molecule has 0 aromatic heterocycles. The van der Waals surface area contributed by atoms with Crippen LogP contribution in [0, 0.1) is 11.8 Å². The van der Waals surface area contributed by atoms with E-state index in [0.29, 0.717) is 10.7 Å². The Kier molecular flexibility index (Phi) is 3.79. The first kappa shape index (κ1) is 18.8. The number of nitrogens with zero attached hydrogens (tertiary/aromatic N) is 1. The van der Waals surface area contributed by atoms with Crippen LogP contribution in [0.25, 0.3) is 0 Å². The van der Waals surface area contributed by atoms with Crippen molar-refractivity contribution < 1.29 is 9.59 Å². The number of hydrogen-bond donors (Lipinski definition) is 0. The average molecular weight is 544 g/mol. The van der Waals surface area contributed by atoms with E-state index in [2.05, 4.69) is 31.9 Å². The Hall–Kier alpha value is -1.95. The third-order valence-corrected chi connectivity index (χ3v) is 9.69. The number of carbonyl (C=O) groups excluding carboxylic acids is 2. The van der Waals surface area contributed by atoms with Crippen LogP contribution in [0.15, 0.2) is 72.8 Å². The number of benzene rings is 3. The molecule has 30 heavy (non-hydrogen) atoms. The van der Waals surface area contributed by atoms with E-state index in [1.54, 1.807) is 24.3 Å². The maximum atomic E-state index is 13.9. The zero-order chi connectivity index (χ0) is 20.8. The third-order valence-electron chi connectivity index (χ3n) is 6.68. The van der Waals surface area contributed by atoms with E-state index in [9.17, 15) is 9.59 Å². The molecule has 2 unspecified atom stereocenters. The Bertz CT molecular complexity index is 1150. The van der Waals surface area contributed by atoms with E-state index in [4.69, 9.17) is 11.6 Å². The molecule has 3 aromatic rings. The number of para-hydroxylation sites is 1. The molecular formula is C24H14Br2ClNO2. The number of anilines is 1. The molecule has 1 saturated heterocycles. The van der Waals surface area contributed by atoms with Gasteiger partial charge in [-0.15, -0.1) is 0 Å². The molecule has 4 aliphatic rings. The van der Waals surface area contributed by atoms with Crippen molar-refractivity contribution in [1.29, 1.82) is 0 Å². The number of halogens is 3. The van der Waals surface area contributed by atoms with Crippen molar-refractivity contribution in [3.63, 3.8) is 0 Å². The lowest BCUT2D eigenvalue weighted by Crippen LogP contribution is -2.56. The largest absolute Gasteiger partial charge is 0.274 e. The highest BCUT2D eigenvalue weighted by atomic mass is 79.9. The molecule has 3 aliphatic carbocycles.